The lowest BCUT2D eigenvalue weighted by Crippen LogP contribution is -2.46. The molecule has 2 rings (SSSR count). The molecule has 88 valence electrons. The monoisotopic (exact) mass is 219 g/mol. The zero-order valence-electron chi connectivity index (χ0n) is 10.0. The molecule has 1 atom stereocenters. The van der Waals surface area contributed by atoms with E-state index in [0.29, 0.717) is 6.04 Å². The highest BCUT2D eigenvalue weighted by molar-refractivity contribution is 5.45. The fraction of sp³-hybridized carbons (Fsp3) is 0.615. The summed E-state index contributed by atoms with van der Waals surface area (Å²) in [6.07, 6.45) is 7.55. The first kappa shape index (κ1) is 11.4. The summed E-state index contributed by atoms with van der Waals surface area (Å²) < 4.78 is 0. The van der Waals surface area contributed by atoms with Crippen molar-refractivity contribution in [3.63, 3.8) is 0 Å². The van der Waals surface area contributed by atoms with Crippen molar-refractivity contribution in [1.82, 2.24) is 10.3 Å². The SMILES string of the molecule is CCCN(c1ccncc1)C1CCCNC1. The molecule has 1 fully saturated rings. The Bertz CT molecular complexity index is 293. The molecule has 2 heterocycles. The molecule has 0 saturated carbocycles. The Morgan fingerprint density at radius 1 is 1.44 bits per heavy atom. The summed E-state index contributed by atoms with van der Waals surface area (Å²) in [7, 11) is 0. The van der Waals surface area contributed by atoms with Crippen LogP contribution in [0.2, 0.25) is 0 Å². The maximum absolute atomic E-state index is 4.09. The first-order valence-electron chi connectivity index (χ1n) is 6.29. The van der Waals surface area contributed by atoms with E-state index in [1.165, 1.54) is 31.5 Å². The van der Waals surface area contributed by atoms with Gasteiger partial charge in [0.15, 0.2) is 0 Å². The molecule has 1 N–H and O–H groups in total. The quantitative estimate of drug-likeness (QED) is 0.840. The summed E-state index contributed by atoms with van der Waals surface area (Å²) in [6, 6.07) is 4.88. The van der Waals surface area contributed by atoms with Gasteiger partial charge in [-0.25, -0.2) is 0 Å². The van der Waals surface area contributed by atoms with Gasteiger partial charge in [-0.05, 0) is 37.9 Å². The highest BCUT2D eigenvalue weighted by Gasteiger charge is 2.20. The molecule has 0 aliphatic carbocycles. The number of hydrogen-bond donors (Lipinski definition) is 1. The molecule has 1 unspecified atom stereocenters. The standard InChI is InChI=1S/C13H21N3/c1-2-10-16(12-5-8-14-9-6-12)13-4-3-7-15-11-13/h5-6,8-9,13,15H,2-4,7,10-11H2,1H3. The van der Waals surface area contributed by atoms with Crippen LogP contribution in [0.3, 0.4) is 0 Å². The number of aromatic nitrogens is 1. The fourth-order valence-electron chi connectivity index (χ4n) is 2.40. The summed E-state index contributed by atoms with van der Waals surface area (Å²) in [5.41, 5.74) is 1.31. The highest BCUT2D eigenvalue weighted by atomic mass is 15.2. The molecule has 1 saturated heterocycles. The number of hydrogen-bond acceptors (Lipinski definition) is 3. The molecule has 0 spiro atoms. The topological polar surface area (TPSA) is 28.2 Å². The number of pyridine rings is 1. The first-order chi connectivity index (χ1) is 7.92. The molecule has 16 heavy (non-hydrogen) atoms. The third-order valence-corrected chi connectivity index (χ3v) is 3.17. The smallest absolute Gasteiger partial charge is 0.0415 e. The molecule has 1 aromatic rings. The zero-order valence-corrected chi connectivity index (χ0v) is 10.0. The summed E-state index contributed by atoms with van der Waals surface area (Å²) >= 11 is 0. The minimum atomic E-state index is 0.649. The van der Waals surface area contributed by atoms with Gasteiger partial charge < -0.3 is 10.2 Å². The Balaban J connectivity index is 2.09. The first-order valence-corrected chi connectivity index (χ1v) is 6.29. The van der Waals surface area contributed by atoms with Gasteiger partial charge in [-0.3, -0.25) is 4.98 Å². The van der Waals surface area contributed by atoms with Crippen LogP contribution in [0, 0.1) is 0 Å². The van der Waals surface area contributed by atoms with Crippen molar-refractivity contribution >= 4 is 5.69 Å². The number of anilines is 1. The molecule has 1 aromatic heterocycles. The van der Waals surface area contributed by atoms with Crippen LogP contribution in [0.4, 0.5) is 5.69 Å². The molecular formula is C13H21N3. The predicted molar refractivity (Wildman–Crippen MR) is 67.8 cm³/mol. The molecule has 1 aliphatic heterocycles. The van der Waals surface area contributed by atoms with Gasteiger partial charge in [-0.2, -0.15) is 0 Å². The summed E-state index contributed by atoms with van der Waals surface area (Å²) in [6.45, 7) is 5.66. The van der Waals surface area contributed by atoms with Gasteiger partial charge in [0.25, 0.3) is 0 Å². The second-order valence-electron chi connectivity index (χ2n) is 4.40. The van der Waals surface area contributed by atoms with E-state index in [2.05, 4.69) is 34.3 Å². The van der Waals surface area contributed by atoms with E-state index in [9.17, 15) is 0 Å². The van der Waals surface area contributed by atoms with Crippen LogP contribution in [0.5, 0.6) is 0 Å². The molecule has 0 aromatic carbocycles. The number of rotatable bonds is 4. The lowest BCUT2D eigenvalue weighted by Gasteiger charge is -2.36. The van der Waals surface area contributed by atoms with E-state index in [-0.39, 0.29) is 0 Å². The lowest BCUT2D eigenvalue weighted by molar-refractivity contribution is 0.431. The average Bonchev–Trinajstić information content (AvgIpc) is 2.38. The largest absolute Gasteiger partial charge is 0.367 e. The van der Waals surface area contributed by atoms with Gasteiger partial charge in [-0.15, -0.1) is 0 Å². The number of nitrogens with one attached hydrogen (secondary N) is 1. The predicted octanol–water partition coefficient (Wildman–Crippen LogP) is 2.05. The van der Waals surface area contributed by atoms with Gasteiger partial charge >= 0.3 is 0 Å². The highest BCUT2D eigenvalue weighted by Crippen LogP contribution is 2.20. The third kappa shape index (κ3) is 2.73. The van der Waals surface area contributed by atoms with Gasteiger partial charge in [0.1, 0.15) is 0 Å². The van der Waals surface area contributed by atoms with Gasteiger partial charge in [0.05, 0.1) is 0 Å². The molecule has 0 bridgehead atoms. The summed E-state index contributed by atoms with van der Waals surface area (Å²) in [5.74, 6) is 0. The van der Waals surface area contributed by atoms with E-state index in [0.717, 1.165) is 13.1 Å². The molecule has 3 nitrogen and oxygen atoms in total. The second-order valence-corrected chi connectivity index (χ2v) is 4.40. The van der Waals surface area contributed by atoms with Gasteiger partial charge in [0, 0.05) is 37.2 Å². The van der Waals surface area contributed by atoms with Crippen molar-refractivity contribution < 1.29 is 0 Å². The van der Waals surface area contributed by atoms with Crippen LogP contribution in [0.25, 0.3) is 0 Å². The van der Waals surface area contributed by atoms with E-state index in [1.807, 2.05) is 12.4 Å². The molecule has 0 amide bonds. The van der Waals surface area contributed by atoms with Crippen molar-refractivity contribution in [2.24, 2.45) is 0 Å². The molecule has 3 heteroatoms. The number of nitrogens with zero attached hydrogens (tertiary/aromatic N) is 2. The van der Waals surface area contributed by atoms with Crippen molar-refractivity contribution in [1.29, 1.82) is 0 Å². The van der Waals surface area contributed by atoms with Crippen molar-refractivity contribution in [2.45, 2.75) is 32.2 Å². The van der Waals surface area contributed by atoms with Gasteiger partial charge in [-0.1, -0.05) is 6.92 Å². The Morgan fingerprint density at radius 3 is 2.88 bits per heavy atom. The van der Waals surface area contributed by atoms with E-state index in [4.69, 9.17) is 0 Å². The number of piperidine rings is 1. The van der Waals surface area contributed by atoms with Gasteiger partial charge in [0.2, 0.25) is 0 Å². The maximum atomic E-state index is 4.09. The van der Waals surface area contributed by atoms with E-state index < -0.39 is 0 Å². The lowest BCUT2D eigenvalue weighted by atomic mass is 10.0. The Kier molecular flexibility index (Phi) is 4.17. The van der Waals surface area contributed by atoms with Crippen LogP contribution in [-0.2, 0) is 0 Å². The normalized spacial score (nSPS) is 20.7. The van der Waals surface area contributed by atoms with Crippen molar-refractivity contribution in [3.05, 3.63) is 24.5 Å². The maximum Gasteiger partial charge on any atom is 0.0415 e. The van der Waals surface area contributed by atoms with Crippen LogP contribution in [0.15, 0.2) is 24.5 Å². The van der Waals surface area contributed by atoms with E-state index >= 15 is 0 Å². The van der Waals surface area contributed by atoms with Crippen LogP contribution in [0.1, 0.15) is 26.2 Å². The average molecular weight is 219 g/mol. The van der Waals surface area contributed by atoms with Crippen molar-refractivity contribution in [3.8, 4) is 0 Å². The zero-order chi connectivity index (χ0) is 11.2. The second kappa shape index (κ2) is 5.85. The fourth-order valence-corrected chi connectivity index (χ4v) is 2.40. The van der Waals surface area contributed by atoms with Crippen LogP contribution in [-0.4, -0.2) is 30.7 Å². The van der Waals surface area contributed by atoms with Crippen LogP contribution < -0.4 is 10.2 Å². The molecular weight excluding hydrogens is 198 g/mol. The molecule has 0 radical (unpaired) electrons. The minimum Gasteiger partial charge on any atom is -0.367 e. The molecule has 1 aliphatic rings. The Labute approximate surface area is 97.9 Å². The van der Waals surface area contributed by atoms with Crippen molar-refractivity contribution in [2.75, 3.05) is 24.5 Å². The van der Waals surface area contributed by atoms with E-state index in [1.54, 1.807) is 0 Å². The third-order valence-electron chi connectivity index (χ3n) is 3.17. The minimum absolute atomic E-state index is 0.649. The summed E-state index contributed by atoms with van der Waals surface area (Å²) in [5, 5.41) is 3.49. The van der Waals surface area contributed by atoms with Crippen LogP contribution >= 0.6 is 0 Å². The Hall–Kier alpha value is -1.09. The summed E-state index contributed by atoms with van der Waals surface area (Å²) in [4.78, 5) is 6.61. The Morgan fingerprint density at radius 2 is 2.25 bits per heavy atom.